The van der Waals surface area contributed by atoms with E-state index in [-0.39, 0.29) is 12.2 Å². The van der Waals surface area contributed by atoms with E-state index in [1.54, 1.807) is 28.8 Å². The second-order valence-corrected chi connectivity index (χ2v) is 6.06. The molecule has 0 fully saturated rings. The highest BCUT2D eigenvalue weighted by Crippen LogP contribution is 2.31. The average molecular weight is 367 g/mol. The van der Waals surface area contributed by atoms with Crippen LogP contribution in [0.15, 0.2) is 53.7 Å². The summed E-state index contributed by atoms with van der Waals surface area (Å²) in [5.41, 5.74) is 2.59. The van der Waals surface area contributed by atoms with Crippen LogP contribution in [0.1, 0.15) is 27.4 Å². The van der Waals surface area contributed by atoms with E-state index in [1.807, 2.05) is 6.07 Å². The van der Waals surface area contributed by atoms with Gasteiger partial charge in [-0.3, -0.25) is 24.5 Å². The second kappa shape index (κ2) is 6.20. The van der Waals surface area contributed by atoms with Gasteiger partial charge < -0.3 is 0 Å². The van der Waals surface area contributed by atoms with Crippen molar-refractivity contribution in [3.05, 3.63) is 86.4 Å². The molecule has 0 N–H and O–H groups in total. The number of fused-ring (bicyclic) bond motifs is 3. The molecule has 1 aliphatic heterocycles. The van der Waals surface area contributed by atoms with Crippen LogP contribution in [0.3, 0.4) is 0 Å². The number of halogens is 1. The Bertz CT molecular complexity index is 1090. The zero-order chi connectivity index (χ0) is 18.3. The third kappa shape index (κ3) is 2.49. The first-order valence-electron chi connectivity index (χ1n) is 7.70. The van der Waals surface area contributed by atoms with Gasteiger partial charge in [0.15, 0.2) is 6.29 Å². The van der Waals surface area contributed by atoms with Crippen molar-refractivity contribution in [1.82, 2.24) is 9.55 Å². The van der Waals surface area contributed by atoms with Crippen LogP contribution in [0.2, 0.25) is 5.02 Å². The third-order valence-electron chi connectivity index (χ3n) is 4.18. The zero-order valence-corrected chi connectivity index (χ0v) is 14.1. The van der Waals surface area contributed by atoms with Gasteiger partial charge >= 0.3 is 0 Å². The molecule has 8 heteroatoms. The maximum Gasteiger partial charge on any atom is 0.270 e. The Morgan fingerprint density at radius 3 is 2.73 bits per heavy atom. The minimum Gasteiger partial charge on any atom is -0.296 e. The summed E-state index contributed by atoms with van der Waals surface area (Å²) < 4.78 is 1.67. The summed E-state index contributed by atoms with van der Waals surface area (Å²) in [6, 6.07) is 11.6. The summed E-state index contributed by atoms with van der Waals surface area (Å²) in [6.07, 6.45) is 2.16. The van der Waals surface area contributed by atoms with Crippen LogP contribution in [-0.2, 0) is 6.54 Å². The van der Waals surface area contributed by atoms with E-state index in [0.29, 0.717) is 45.4 Å². The van der Waals surface area contributed by atoms with Crippen LogP contribution in [0, 0.1) is 10.1 Å². The Morgan fingerprint density at radius 2 is 2.00 bits per heavy atom. The summed E-state index contributed by atoms with van der Waals surface area (Å²) >= 11 is 6.33. The quantitative estimate of drug-likeness (QED) is 0.402. The predicted octanol–water partition coefficient (Wildman–Crippen LogP) is 3.60. The second-order valence-electron chi connectivity index (χ2n) is 5.66. The first-order chi connectivity index (χ1) is 12.6. The number of carbonyl (C=O) groups is 1. The van der Waals surface area contributed by atoms with Gasteiger partial charge in [-0.1, -0.05) is 29.8 Å². The van der Waals surface area contributed by atoms with Crippen molar-refractivity contribution in [3.8, 4) is 5.69 Å². The highest BCUT2D eigenvalue weighted by atomic mass is 35.5. The standard InChI is InChI=1S/C18H11ClN4O3/c19-15-4-2-1-3-13(15)18-14-7-11(23(25)26)5-6-16(14)22-12(10-24)8-20-17(22)9-21-18/h1-8,10H,9H2. The van der Waals surface area contributed by atoms with E-state index in [9.17, 15) is 14.9 Å². The zero-order valence-electron chi connectivity index (χ0n) is 13.3. The van der Waals surface area contributed by atoms with Crippen molar-refractivity contribution in [2.75, 3.05) is 0 Å². The molecule has 0 atom stereocenters. The Balaban J connectivity index is 2.04. The van der Waals surface area contributed by atoms with E-state index < -0.39 is 4.92 Å². The minimum absolute atomic E-state index is 0.0697. The van der Waals surface area contributed by atoms with Gasteiger partial charge in [0.25, 0.3) is 5.69 Å². The van der Waals surface area contributed by atoms with Gasteiger partial charge in [-0.2, -0.15) is 0 Å². The van der Waals surface area contributed by atoms with Gasteiger partial charge in [-0.05, 0) is 12.1 Å². The SMILES string of the molecule is O=Cc1cnc2n1-c1ccc([N+](=O)[O-])cc1C(c1ccccc1Cl)=NC2. The fourth-order valence-electron chi connectivity index (χ4n) is 3.02. The number of nitro benzene ring substituents is 1. The molecule has 0 saturated carbocycles. The molecular weight excluding hydrogens is 356 g/mol. The number of hydrogen-bond donors (Lipinski definition) is 0. The molecule has 2 aromatic carbocycles. The molecule has 3 aromatic rings. The summed E-state index contributed by atoms with van der Waals surface area (Å²) in [5.74, 6) is 0.573. The topological polar surface area (TPSA) is 90.4 Å². The Labute approximate surface area is 152 Å². The molecule has 7 nitrogen and oxygen atoms in total. The number of carbonyl (C=O) groups excluding carboxylic acids is 1. The number of rotatable bonds is 3. The van der Waals surface area contributed by atoms with Crippen LogP contribution in [-0.4, -0.2) is 26.5 Å². The molecule has 0 unspecified atom stereocenters. The van der Waals surface area contributed by atoms with Gasteiger partial charge in [0.05, 0.1) is 29.1 Å². The Morgan fingerprint density at radius 1 is 1.19 bits per heavy atom. The molecule has 4 rings (SSSR count). The summed E-state index contributed by atoms with van der Waals surface area (Å²) in [6.45, 7) is 0.219. The molecule has 0 amide bonds. The first kappa shape index (κ1) is 16.2. The molecule has 2 heterocycles. The van der Waals surface area contributed by atoms with Gasteiger partial charge in [0.1, 0.15) is 11.5 Å². The number of imidazole rings is 1. The van der Waals surface area contributed by atoms with Crippen LogP contribution in [0.25, 0.3) is 5.69 Å². The lowest BCUT2D eigenvalue weighted by atomic mass is 9.99. The lowest BCUT2D eigenvalue weighted by molar-refractivity contribution is -0.384. The van der Waals surface area contributed by atoms with Crippen molar-refractivity contribution in [1.29, 1.82) is 0 Å². The van der Waals surface area contributed by atoms with E-state index in [4.69, 9.17) is 11.6 Å². The van der Waals surface area contributed by atoms with Gasteiger partial charge in [-0.15, -0.1) is 0 Å². The smallest absolute Gasteiger partial charge is 0.270 e. The maximum atomic E-state index is 11.4. The van der Waals surface area contributed by atoms with Crippen LogP contribution >= 0.6 is 11.6 Å². The Hall–Kier alpha value is -3.32. The number of aldehydes is 1. The largest absolute Gasteiger partial charge is 0.296 e. The first-order valence-corrected chi connectivity index (χ1v) is 8.08. The van der Waals surface area contributed by atoms with Gasteiger partial charge in [0.2, 0.25) is 0 Å². The number of aromatic nitrogens is 2. The van der Waals surface area contributed by atoms with E-state index in [1.165, 1.54) is 18.3 Å². The molecular formula is C18H11ClN4O3. The number of aliphatic imine (C=N–C) groups is 1. The molecule has 0 aliphatic carbocycles. The summed E-state index contributed by atoms with van der Waals surface area (Å²) in [4.78, 5) is 31.1. The summed E-state index contributed by atoms with van der Waals surface area (Å²) in [5, 5.41) is 11.8. The van der Waals surface area contributed by atoms with Crippen LogP contribution in [0.4, 0.5) is 5.69 Å². The van der Waals surface area contributed by atoms with E-state index in [0.717, 1.165) is 0 Å². The van der Waals surface area contributed by atoms with Crippen molar-refractivity contribution >= 4 is 29.3 Å². The maximum absolute atomic E-state index is 11.4. The minimum atomic E-state index is -0.467. The number of nitro groups is 1. The lowest BCUT2D eigenvalue weighted by Crippen LogP contribution is -2.10. The van der Waals surface area contributed by atoms with Gasteiger partial charge in [0, 0.05) is 28.3 Å². The predicted molar refractivity (Wildman–Crippen MR) is 96.4 cm³/mol. The fourth-order valence-corrected chi connectivity index (χ4v) is 3.24. The van der Waals surface area contributed by atoms with E-state index in [2.05, 4.69) is 9.98 Å². The molecule has 0 spiro atoms. The number of non-ortho nitro benzene ring substituents is 1. The molecule has 26 heavy (non-hydrogen) atoms. The molecule has 128 valence electrons. The summed E-state index contributed by atoms with van der Waals surface area (Å²) in [7, 11) is 0. The number of hydrogen-bond acceptors (Lipinski definition) is 5. The fraction of sp³-hybridized carbons (Fsp3) is 0.0556. The third-order valence-corrected chi connectivity index (χ3v) is 4.51. The van der Waals surface area contributed by atoms with Crippen LogP contribution in [0.5, 0.6) is 0 Å². The normalized spacial score (nSPS) is 12.6. The molecule has 1 aliphatic rings. The van der Waals surface area contributed by atoms with Crippen LogP contribution < -0.4 is 0 Å². The molecule has 1 aromatic heterocycles. The van der Waals surface area contributed by atoms with Crippen molar-refractivity contribution in [2.45, 2.75) is 6.54 Å². The number of benzene rings is 2. The van der Waals surface area contributed by atoms with Crippen molar-refractivity contribution in [3.63, 3.8) is 0 Å². The highest BCUT2D eigenvalue weighted by Gasteiger charge is 2.24. The molecule has 0 bridgehead atoms. The highest BCUT2D eigenvalue weighted by molar-refractivity contribution is 6.35. The number of nitrogens with zero attached hydrogens (tertiary/aromatic N) is 4. The molecule has 0 saturated heterocycles. The molecule has 0 radical (unpaired) electrons. The monoisotopic (exact) mass is 366 g/mol. The average Bonchev–Trinajstić information content (AvgIpc) is 2.98. The van der Waals surface area contributed by atoms with Crippen molar-refractivity contribution < 1.29 is 9.72 Å². The lowest BCUT2D eigenvalue weighted by Gasteiger charge is -2.13. The Kier molecular flexibility index (Phi) is 3.85. The van der Waals surface area contributed by atoms with E-state index >= 15 is 0 Å². The van der Waals surface area contributed by atoms with Crippen molar-refractivity contribution in [2.24, 2.45) is 4.99 Å². The van der Waals surface area contributed by atoms with Gasteiger partial charge in [-0.25, -0.2) is 4.98 Å².